The minimum atomic E-state index is -2.45. The molecule has 1 unspecified atom stereocenters. The first-order chi connectivity index (χ1) is 7.94. The van der Waals surface area contributed by atoms with Gasteiger partial charge in [0.25, 0.3) is 0 Å². The van der Waals surface area contributed by atoms with Crippen LogP contribution in [0.3, 0.4) is 0 Å². The highest BCUT2D eigenvalue weighted by Gasteiger charge is 2.34. The van der Waals surface area contributed by atoms with E-state index in [9.17, 15) is 13.2 Å². The summed E-state index contributed by atoms with van der Waals surface area (Å²) in [6, 6.07) is 0. The van der Waals surface area contributed by atoms with Gasteiger partial charge in [0.15, 0.2) is 0 Å². The molecule has 0 spiro atoms. The van der Waals surface area contributed by atoms with Gasteiger partial charge in [0.2, 0.25) is 5.92 Å². The molecule has 3 heteroatoms. The van der Waals surface area contributed by atoms with E-state index in [2.05, 4.69) is 0 Å². The Bertz CT molecular complexity index is 248. The SMILES string of the molecule is CCC(C)C(F)=CCCC1CCC(F)(F)CC1. The Morgan fingerprint density at radius 3 is 2.47 bits per heavy atom. The van der Waals surface area contributed by atoms with Crippen LogP contribution in [0.15, 0.2) is 11.9 Å². The minimum Gasteiger partial charge on any atom is -0.212 e. The quantitative estimate of drug-likeness (QED) is 0.603. The molecule has 0 aliphatic heterocycles. The Hall–Kier alpha value is -0.470. The number of halogens is 3. The number of hydrogen-bond donors (Lipinski definition) is 0. The zero-order valence-electron chi connectivity index (χ0n) is 10.8. The summed E-state index contributed by atoms with van der Waals surface area (Å²) in [5.74, 6) is -2.15. The largest absolute Gasteiger partial charge is 0.248 e. The maximum atomic E-state index is 13.4. The van der Waals surface area contributed by atoms with Gasteiger partial charge in [0.05, 0.1) is 5.83 Å². The summed E-state index contributed by atoms with van der Waals surface area (Å²) in [7, 11) is 0. The predicted molar refractivity (Wildman–Crippen MR) is 64.8 cm³/mol. The highest BCUT2D eigenvalue weighted by molar-refractivity contribution is 4.96. The molecule has 0 bridgehead atoms. The van der Waals surface area contributed by atoms with E-state index in [1.807, 2.05) is 13.8 Å². The lowest BCUT2D eigenvalue weighted by molar-refractivity contribution is -0.0464. The lowest BCUT2D eigenvalue weighted by Crippen LogP contribution is -2.24. The molecule has 1 atom stereocenters. The van der Waals surface area contributed by atoms with Gasteiger partial charge in [-0.05, 0) is 38.0 Å². The fourth-order valence-corrected chi connectivity index (χ4v) is 2.24. The molecular formula is C14H23F3. The highest BCUT2D eigenvalue weighted by atomic mass is 19.3. The van der Waals surface area contributed by atoms with Crippen LogP contribution in [-0.4, -0.2) is 5.92 Å². The van der Waals surface area contributed by atoms with E-state index in [-0.39, 0.29) is 24.6 Å². The summed E-state index contributed by atoms with van der Waals surface area (Å²) in [5, 5.41) is 0. The van der Waals surface area contributed by atoms with Crippen molar-refractivity contribution in [3.63, 3.8) is 0 Å². The predicted octanol–water partition coefficient (Wildman–Crippen LogP) is 5.49. The molecule has 0 amide bonds. The molecule has 0 heterocycles. The summed E-state index contributed by atoms with van der Waals surface area (Å²) in [4.78, 5) is 0. The zero-order chi connectivity index (χ0) is 12.9. The summed E-state index contributed by atoms with van der Waals surface area (Å²) >= 11 is 0. The van der Waals surface area contributed by atoms with Gasteiger partial charge in [-0.25, -0.2) is 13.2 Å². The Balaban J connectivity index is 2.24. The molecule has 1 aliphatic rings. The molecule has 0 aromatic rings. The molecule has 0 saturated heterocycles. The molecule has 1 aliphatic carbocycles. The van der Waals surface area contributed by atoms with Crippen molar-refractivity contribution in [3.8, 4) is 0 Å². The van der Waals surface area contributed by atoms with Gasteiger partial charge in [0.1, 0.15) is 0 Å². The first-order valence-corrected chi connectivity index (χ1v) is 6.68. The van der Waals surface area contributed by atoms with Gasteiger partial charge in [-0.1, -0.05) is 19.9 Å². The number of allylic oxidation sites excluding steroid dienone is 2. The second kappa shape index (κ2) is 6.46. The van der Waals surface area contributed by atoms with Crippen molar-refractivity contribution >= 4 is 0 Å². The lowest BCUT2D eigenvalue weighted by atomic mass is 9.84. The van der Waals surface area contributed by atoms with Gasteiger partial charge in [0, 0.05) is 18.8 Å². The van der Waals surface area contributed by atoms with Crippen LogP contribution in [-0.2, 0) is 0 Å². The van der Waals surface area contributed by atoms with Gasteiger partial charge >= 0.3 is 0 Å². The van der Waals surface area contributed by atoms with Crippen LogP contribution < -0.4 is 0 Å². The average Bonchev–Trinajstić information content (AvgIpc) is 2.30. The Morgan fingerprint density at radius 1 is 1.35 bits per heavy atom. The topological polar surface area (TPSA) is 0 Å². The van der Waals surface area contributed by atoms with Crippen LogP contribution in [0.2, 0.25) is 0 Å². The fourth-order valence-electron chi connectivity index (χ4n) is 2.24. The van der Waals surface area contributed by atoms with E-state index in [1.54, 1.807) is 6.08 Å². The van der Waals surface area contributed by atoms with E-state index < -0.39 is 5.92 Å². The van der Waals surface area contributed by atoms with E-state index in [1.165, 1.54) is 0 Å². The molecular weight excluding hydrogens is 225 g/mol. The van der Waals surface area contributed by atoms with Crippen LogP contribution in [0.1, 0.15) is 58.8 Å². The first-order valence-electron chi connectivity index (χ1n) is 6.68. The van der Waals surface area contributed by atoms with Crippen molar-refractivity contribution in [2.75, 3.05) is 0 Å². The van der Waals surface area contributed by atoms with E-state index >= 15 is 0 Å². The number of rotatable bonds is 5. The summed E-state index contributed by atoms with van der Waals surface area (Å²) in [6.45, 7) is 3.83. The average molecular weight is 248 g/mol. The Labute approximate surface area is 102 Å². The third-order valence-electron chi connectivity index (χ3n) is 3.83. The van der Waals surface area contributed by atoms with E-state index in [4.69, 9.17) is 0 Å². The second-order valence-electron chi connectivity index (χ2n) is 5.27. The van der Waals surface area contributed by atoms with Crippen LogP contribution in [0.5, 0.6) is 0 Å². The molecule has 0 aromatic heterocycles. The first kappa shape index (κ1) is 14.6. The maximum absolute atomic E-state index is 13.4. The molecule has 100 valence electrons. The molecule has 1 fully saturated rings. The van der Waals surface area contributed by atoms with Gasteiger partial charge < -0.3 is 0 Å². The molecule has 1 saturated carbocycles. The standard InChI is InChI=1S/C14H23F3/c1-3-11(2)13(15)6-4-5-12-7-9-14(16,17)10-8-12/h6,11-12H,3-5,7-10H2,1-2H3. The van der Waals surface area contributed by atoms with Gasteiger partial charge in [-0.2, -0.15) is 0 Å². The summed E-state index contributed by atoms with van der Waals surface area (Å²) in [6.07, 6.45) is 5.17. The molecule has 0 N–H and O–H groups in total. The minimum absolute atomic E-state index is 0.00862. The summed E-state index contributed by atoms with van der Waals surface area (Å²) < 4.78 is 39.2. The van der Waals surface area contributed by atoms with Crippen molar-refractivity contribution in [1.29, 1.82) is 0 Å². The maximum Gasteiger partial charge on any atom is 0.248 e. The van der Waals surface area contributed by atoms with E-state index in [0.717, 1.165) is 12.8 Å². The highest BCUT2D eigenvalue weighted by Crippen LogP contribution is 2.37. The molecule has 0 radical (unpaired) electrons. The van der Waals surface area contributed by atoms with Gasteiger partial charge in [-0.15, -0.1) is 0 Å². The van der Waals surface area contributed by atoms with Crippen molar-refractivity contribution in [2.24, 2.45) is 11.8 Å². The third kappa shape index (κ3) is 5.13. The van der Waals surface area contributed by atoms with Crippen LogP contribution in [0.4, 0.5) is 13.2 Å². The Morgan fingerprint density at radius 2 is 1.94 bits per heavy atom. The van der Waals surface area contributed by atoms with Crippen molar-refractivity contribution in [2.45, 2.75) is 64.7 Å². The van der Waals surface area contributed by atoms with Crippen molar-refractivity contribution in [3.05, 3.63) is 11.9 Å². The Kier molecular flexibility index (Phi) is 5.54. The smallest absolute Gasteiger partial charge is 0.212 e. The van der Waals surface area contributed by atoms with Crippen LogP contribution in [0.25, 0.3) is 0 Å². The van der Waals surface area contributed by atoms with Gasteiger partial charge in [-0.3, -0.25) is 0 Å². The molecule has 0 nitrogen and oxygen atoms in total. The van der Waals surface area contributed by atoms with Crippen molar-refractivity contribution in [1.82, 2.24) is 0 Å². The van der Waals surface area contributed by atoms with Crippen LogP contribution in [0, 0.1) is 11.8 Å². The van der Waals surface area contributed by atoms with Crippen molar-refractivity contribution < 1.29 is 13.2 Å². The second-order valence-corrected chi connectivity index (χ2v) is 5.27. The van der Waals surface area contributed by atoms with Crippen LogP contribution >= 0.6 is 0 Å². The fraction of sp³-hybridized carbons (Fsp3) is 0.857. The lowest BCUT2D eigenvalue weighted by Gasteiger charge is -2.27. The normalized spacial score (nSPS) is 23.7. The van der Waals surface area contributed by atoms with E-state index in [0.29, 0.717) is 25.2 Å². The molecule has 0 aromatic carbocycles. The zero-order valence-corrected chi connectivity index (χ0v) is 10.8. The number of alkyl halides is 2. The monoisotopic (exact) mass is 248 g/mol. The molecule has 17 heavy (non-hydrogen) atoms. The molecule has 1 rings (SSSR count). The third-order valence-corrected chi connectivity index (χ3v) is 3.83. The summed E-state index contributed by atoms with van der Waals surface area (Å²) in [5.41, 5.74) is 0. The number of hydrogen-bond acceptors (Lipinski definition) is 0.